The van der Waals surface area contributed by atoms with Gasteiger partial charge in [-0.3, -0.25) is 19.3 Å². The molecule has 3 amide bonds. The van der Waals surface area contributed by atoms with Gasteiger partial charge in [0.1, 0.15) is 12.1 Å². The van der Waals surface area contributed by atoms with E-state index in [2.05, 4.69) is 10.3 Å². The van der Waals surface area contributed by atoms with E-state index in [1.54, 1.807) is 24.3 Å². The van der Waals surface area contributed by atoms with Gasteiger partial charge in [-0.05, 0) is 36.2 Å². The fourth-order valence-corrected chi connectivity index (χ4v) is 2.98. The predicted octanol–water partition coefficient (Wildman–Crippen LogP) is 1.78. The van der Waals surface area contributed by atoms with Gasteiger partial charge in [0.25, 0.3) is 11.8 Å². The molecule has 1 aliphatic heterocycles. The number of hydrogen-bond acceptors (Lipinski definition) is 5. The number of imide groups is 1. The molecule has 0 unspecified atom stereocenters. The first-order valence-corrected chi connectivity index (χ1v) is 8.17. The third-order valence-electron chi connectivity index (χ3n) is 4.31. The number of carbonyl (C=O) groups is 3. The van der Waals surface area contributed by atoms with Crippen LogP contribution in [0.4, 0.5) is 0 Å². The summed E-state index contributed by atoms with van der Waals surface area (Å²) in [5.74, 6) is -1.24. The van der Waals surface area contributed by atoms with Crippen LogP contribution in [0.3, 0.4) is 0 Å². The summed E-state index contributed by atoms with van der Waals surface area (Å²) in [5.41, 5.74) is 3.15. The zero-order valence-electron chi connectivity index (χ0n) is 13.8. The molecule has 0 atom stereocenters. The average molecular weight is 349 g/mol. The summed E-state index contributed by atoms with van der Waals surface area (Å²) in [6.45, 7) is 0.106. The normalized spacial score (nSPS) is 13.3. The molecule has 7 heteroatoms. The Balaban J connectivity index is 1.33. The van der Waals surface area contributed by atoms with Gasteiger partial charge in [0, 0.05) is 6.54 Å². The van der Waals surface area contributed by atoms with Crippen molar-refractivity contribution in [3.63, 3.8) is 0 Å². The van der Waals surface area contributed by atoms with Crippen molar-refractivity contribution in [3.05, 3.63) is 65.5 Å². The molecule has 3 aromatic rings. The van der Waals surface area contributed by atoms with Crippen LogP contribution in [0.1, 0.15) is 26.3 Å². The number of nitrogens with zero attached hydrogens (tertiary/aromatic N) is 2. The van der Waals surface area contributed by atoms with E-state index in [9.17, 15) is 14.4 Å². The molecule has 0 fully saturated rings. The summed E-state index contributed by atoms with van der Waals surface area (Å²) in [5, 5.41) is 2.74. The smallest absolute Gasteiger partial charge is 0.262 e. The van der Waals surface area contributed by atoms with Crippen molar-refractivity contribution in [3.8, 4) is 0 Å². The van der Waals surface area contributed by atoms with Gasteiger partial charge in [-0.1, -0.05) is 18.2 Å². The quantitative estimate of drug-likeness (QED) is 0.709. The molecule has 1 aliphatic rings. The lowest BCUT2D eigenvalue weighted by Crippen LogP contribution is -2.40. The Hall–Kier alpha value is -3.48. The monoisotopic (exact) mass is 349 g/mol. The zero-order valence-corrected chi connectivity index (χ0v) is 13.8. The lowest BCUT2D eigenvalue weighted by Gasteiger charge is -2.13. The van der Waals surface area contributed by atoms with Crippen LogP contribution in [0.25, 0.3) is 11.1 Å². The highest BCUT2D eigenvalue weighted by molar-refractivity contribution is 6.22. The Morgan fingerprint density at radius 1 is 1.08 bits per heavy atom. The maximum absolute atomic E-state index is 12.2. The molecule has 7 nitrogen and oxygen atoms in total. The minimum absolute atomic E-state index is 0.284. The van der Waals surface area contributed by atoms with Crippen molar-refractivity contribution >= 4 is 28.8 Å². The van der Waals surface area contributed by atoms with Gasteiger partial charge in [0.2, 0.25) is 5.91 Å². The molecule has 2 aromatic carbocycles. The number of hydrogen-bond donors (Lipinski definition) is 1. The van der Waals surface area contributed by atoms with Crippen molar-refractivity contribution in [1.82, 2.24) is 15.2 Å². The molecule has 0 bridgehead atoms. The van der Waals surface area contributed by atoms with Gasteiger partial charge < -0.3 is 9.73 Å². The topological polar surface area (TPSA) is 92.5 Å². The van der Waals surface area contributed by atoms with Crippen molar-refractivity contribution in [1.29, 1.82) is 0 Å². The van der Waals surface area contributed by atoms with Crippen LogP contribution in [0.2, 0.25) is 0 Å². The maximum atomic E-state index is 12.2. The van der Waals surface area contributed by atoms with E-state index in [1.807, 2.05) is 18.2 Å². The Morgan fingerprint density at radius 3 is 2.54 bits per heavy atom. The number of benzene rings is 2. The average Bonchev–Trinajstić information content (AvgIpc) is 3.21. The van der Waals surface area contributed by atoms with Crippen LogP contribution in [0.5, 0.6) is 0 Å². The number of oxazole rings is 1. The second kappa shape index (κ2) is 6.44. The van der Waals surface area contributed by atoms with Crippen molar-refractivity contribution in [2.75, 3.05) is 13.1 Å². The van der Waals surface area contributed by atoms with Gasteiger partial charge in [-0.25, -0.2) is 4.98 Å². The molecule has 0 saturated heterocycles. The zero-order chi connectivity index (χ0) is 18.1. The highest BCUT2D eigenvalue weighted by atomic mass is 16.3. The Kier molecular flexibility index (Phi) is 3.96. The predicted molar refractivity (Wildman–Crippen MR) is 92.5 cm³/mol. The SMILES string of the molecule is O=C(CN1C(=O)c2ccccc2C1=O)NCCc1ccc2ncoc2c1. The summed E-state index contributed by atoms with van der Waals surface area (Å²) in [6, 6.07) is 12.2. The third kappa shape index (κ3) is 2.83. The Bertz CT molecular complexity index is 989. The molecule has 0 aliphatic carbocycles. The summed E-state index contributed by atoms with van der Waals surface area (Å²) in [6.07, 6.45) is 1.99. The molecule has 2 heterocycles. The Labute approximate surface area is 148 Å². The highest BCUT2D eigenvalue weighted by Crippen LogP contribution is 2.21. The van der Waals surface area contributed by atoms with E-state index >= 15 is 0 Å². The molecule has 1 N–H and O–H groups in total. The first-order chi connectivity index (χ1) is 12.6. The van der Waals surface area contributed by atoms with Crippen LogP contribution in [0.15, 0.2) is 53.3 Å². The minimum Gasteiger partial charge on any atom is -0.443 e. The van der Waals surface area contributed by atoms with Gasteiger partial charge in [-0.15, -0.1) is 0 Å². The second-order valence-corrected chi connectivity index (χ2v) is 6.00. The number of aromatic nitrogens is 1. The standard InChI is InChI=1S/C19H15N3O4/c23-17(10-22-18(24)13-3-1-2-4-14(13)19(22)25)20-8-7-12-5-6-15-16(9-12)26-11-21-15/h1-6,9,11H,7-8,10H2,(H,20,23). The Morgan fingerprint density at radius 2 is 1.81 bits per heavy atom. The van der Waals surface area contributed by atoms with E-state index in [0.717, 1.165) is 16.0 Å². The van der Waals surface area contributed by atoms with E-state index in [-0.39, 0.29) is 12.5 Å². The van der Waals surface area contributed by atoms with Crippen molar-refractivity contribution in [2.45, 2.75) is 6.42 Å². The largest absolute Gasteiger partial charge is 0.443 e. The fraction of sp³-hybridized carbons (Fsp3) is 0.158. The molecule has 4 rings (SSSR count). The van der Waals surface area contributed by atoms with E-state index in [0.29, 0.717) is 29.7 Å². The number of rotatable bonds is 5. The maximum Gasteiger partial charge on any atom is 0.262 e. The van der Waals surface area contributed by atoms with Crippen molar-refractivity contribution < 1.29 is 18.8 Å². The molecule has 26 heavy (non-hydrogen) atoms. The van der Waals surface area contributed by atoms with Crippen LogP contribution < -0.4 is 5.32 Å². The molecule has 0 radical (unpaired) electrons. The van der Waals surface area contributed by atoms with E-state index in [4.69, 9.17) is 4.42 Å². The van der Waals surface area contributed by atoms with Crippen molar-refractivity contribution in [2.24, 2.45) is 0 Å². The van der Waals surface area contributed by atoms with Crippen LogP contribution in [0, 0.1) is 0 Å². The molecular formula is C19H15N3O4. The number of nitrogens with one attached hydrogen (secondary N) is 1. The number of fused-ring (bicyclic) bond motifs is 2. The molecule has 0 saturated carbocycles. The third-order valence-corrected chi connectivity index (χ3v) is 4.31. The molecule has 0 spiro atoms. The lowest BCUT2D eigenvalue weighted by molar-refractivity contribution is -0.121. The van der Waals surface area contributed by atoms with Gasteiger partial charge >= 0.3 is 0 Å². The van der Waals surface area contributed by atoms with Crippen LogP contribution >= 0.6 is 0 Å². The van der Waals surface area contributed by atoms with E-state index in [1.165, 1.54) is 6.39 Å². The molecule has 130 valence electrons. The summed E-state index contributed by atoms with van der Waals surface area (Å²) < 4.78 is 5.25. The van der Waals surface area contributed by atoms with Crippen LogP contribution in [-0.2, 0) is 11.2 Å². The summed E-state index contributed by atoms with van der Waals surface area (Å²) >= 11 is 0. The molecular weight excluding hydrogens is 334 g/mol. The van der Waals surface area contributed by atoms with Crippen LogP contribution in [-0.4, -0.2) is 40.7 Å². The van der Waals surface area contributed by atoms with Gasteiger partial charge in [0.15, 0.2) is 12.0 Å². The molecule has 1 aromatic heterocycles. The number of carbonyl (C=O) groups excluding carboxylic acids is 3. The first-order valence-electron chi connectivity index (χ1n) is 8.17. The second-order valence-electron chi connectivity index (χ2n) is 6.00. The lowest BCUT2D eigenvalue weighted by atomic mass is 10.1. The highest BCUT2D eigenvalue weighted by Gasteiger charge is 2.36. The minimum atomic E-state index is -0.434. The van der Waals surface area contributed by atoms with Gasteiger partial charge in [-0.2, -0.15) is 0 Å². The first kappa shape index (κ1) is 16.0. The summed E-state index contributed by atoms with van der Waals surface area (Å²) in [4.78, 5) is 41.6. The van der Waals surface area contributed by atoms with E-state index < -0.39 is 11.8 Å². The fourth-order valence-electron chi connectivity index (χ4n) is 2.98. The summed E-state index contributed by atoms with van der Waals surface area (Å²) in [7, 11) is 0. The number of amides is 3. The van der Waals surface area contributed by atoms with Gasteiger partial charge in [0.05, 0.1) is 11.1 Å².